The van der Waals surface area contributed by atoms with Gasteiger partial charge in [0.05, 0.1) is 18.9 Å². The topological polar surface area (TPSA) is 35.2 Å². The van der Waals surface area contributed by atoms with Crippen LogP contribution in [-0.4, -0.2) is 18.2 Å². The van der Waals surface area contributed by atoms with Gasteiger partial charge < -0.3 is 9.47 Å². The molecule has 4 nitrogen and oxygen atoms in total. The summed E-state index contributed by atoms with van der Waals surface area (Å²) in [4.78, 5) is 4.58. The Bertz CT molecular complexity index is 510. The minimum absolute atomic E-state index is 0.300. The van der Waals surface area contributed by atoms with Gasteiger partial charge in [0, 0.05) is 12.1 Å². The summed E-state index contributed by atoms with van der Waals surface area (Å²) in [5.41, 5.74) is 1.85. The first-order chi connectivity index (χ1) is 8.92. The summed E-state index contributed by atoms with van der Waals surface area (Å²) in [6.45, 7) is 2.04. The van der Waals surface area contributed by atoms with Gasteiger partial charge in [-0.2, -0.15) is 4.57 Å². The molecule has 4 heteroatoms. The lowest BCUT2D eigenvalue weighted by Gasteiger charge is -2.08. The highest BCUT2D eigenvalue weighted by atomic mass is 16.7. The Kier molecular flexibility index (Phi) is 3.30. The maximum absolute atomic E-state index is 5.45. The van der Waals surface area contributed by atoms with Crippen molar-refractivity contribution in [1.82, 2.24) is 4.98 Å². The van der Waals surface area contributed by atoms with Crippen LogP contribution in [0.1, 0.15) is 17.7 Å². The standard InChI is InChI=1S/C14H15N2O2/c1-2-7-16(8-3-1)11-12-5-4-6-13(15-12)14-17-9-10-18-14/h1-8,14H,9-11H2/q+1. The van der Waals surface area contributed by atoms with Gasteiger partial charge in [-0.3, -0.25) is 0 Å². The third kappa shape index (κ3) is 2.55. The molecule has 1 aliphatic heterocycles. The predicted molar refractivity (Wildman–Crippen MR) is 64.6 cm³/mol. The van der Waals surface area contributed by atoms with Crippen LogP contribution in [-0.2, 0) is 16.0 Å². The number of rotatable bonds is 3. The van der Waals surface area contributed by atoms with Gasteiger partial charge in [0.2, 0.25) is 6.29 Å². The van der Waals surface area contributed by atoms with Crippen LogP contribution in [0.2, 0.25) is 0 Å². The second kappa shape index (κ2) is 5.25. The Morgan fingerprint density at radius 3 is 2.61 bits per heavy atom. The lowest BCUT2D eigenvalue weighted by atomic mass is 10.3. The SMILES string of the molecule is c1cc[n+](Cc2cccc(C3OCCO3)n2)cc1. The van der Waals surface area contributed by atoms with E-state index in [9.17, 15) is 0 Å². The summed E-state index contributed by atoms with van der Waals surface area (Å²) >= 11 is 0. The van der Waals surface area contributed by atoms with E-state index in [4.69, 9.17) is 9.47 Å². The van der Waals surface area contributed by atoms with Crippen molar-refractivity contribution in [2.75, 3.05) is 13.2 Å². The van der Waals surface area contributed by atoms with Crippen molar-refractivity contribution in [3.05, 3.63) is 60.2 Å². The number of aromatic nitrogens is 2. The molecule has 2 aromatic rings. The molecule has 0 N–H and O–H groups in total. The van der Waals surface area contributed by atoms with Crippen molar-refractivity contribution in [3.63, 3.8) is 0 Å². The average molecular weight is 243 g/mol. The molecule has 2 aromatic heterocycles. The third-order valence-electron chi connectivity index (χ3n) is 2.81. The molecule has 0 bridgehead atoms. The molecule has 3 rings (SSSR count). The van der Waals surface area contributed by atoms with Crippen molar-refractivity contribution < 1.29 is 14.0 Å². The van der Waals surface area contributed by atoms with E-state index in [0.29, 0.717) is 13.2 Å². The van der Waals surface area contributed by atoms with Crippen molar-refractivity contribution >= 4 is 0 Å². The smallest absolute Gasteiger partial charge is 0.201 e. The molecule has 0 aromatic carbocycles. The Balaban J connectivity index is 1.78. The van der Waals surface area contributed by atoms with Gasteiger partial charge in [0.15, 0.2) is 18.9 Å². The van der Waals surface area contributed by atoms with E-state index in [0.717, 1.165) is 17.9 Å². The molecular weight excluding hydrogens is 228 g/mol. The normalized spacial score (nSPS) is 16.0. The van der Waals surface area contributed by atoms with Crippen LogP contribution in [0.4, 0.5) is 0 Å². The molecule has 1 saturated heterocycles. The maximum atomic E-state index is 5.45. The summed E-state index contributed by atoms with van der Waals surface area (Å²) in [5, 5.41) is 0. The van der Waals surface area contributed by atoms with Crippen LogP contribution >= 0.6 is 0 Å². The van der Waals surface area contributed by atoms with Crippen LogP contribution in [0, 0.1) is 0 Å². The maximum Gasteiger partial charge on any atom is 0.201 e. The molecule has 0 radical (unpaired) electrons. The largest absolute Gasteiger partial charge is 0.345 e. The molecule has 0 saturated carbocycles. The van der Waals surface area contributed by atoms with E-state index >= 15 is 0 Å². The van der Waals surface area contributed by atoms with Gasteiger partial charge in [-0.1, -0.05) is 12.1 Å². The summed E-state index contributed by atoms with van der Waals surface area (Å²) in [7, 11) is 0. The number of hydrogen-bond donors (Lipinski definition) is 0. The van der Waals surface area contributed by atoms with Crippen LogP contribution in [0.3, 0.4) is 0 Å². The van der Waals surface area contributed by atoms with E-state index in [1.807, 2.05) is 48.8 Å². The zero-order valence-electron chi connectivity index (χ0n) is 10.0. The molecule has 18 heavy (non-hydrogen) atoms. The van der Waals surface area contributed by atoms with Crippen LogP contribution in [0.25, 0.3) is 0 Å². The predicted octanol–water partition coefficient (Wildman–Crippen LogP) is 1.46. The fourth-order valence-electron chi connectivity index (χ4n) is 1.97. The third-order valence-corrected chi connectivity index (χ3v) is 2.81. The second-order valence-corrected chi connectivity index (χ2v) is 4.18. The zero-order chi connectivity index (χ0) is 12.2. The molecule has 0 aliphatic carbocycles. The average Bonchev–Trinajstić information content (AvgIpc) is 2.94. The first kappa shape index (κ1) is 11.3. The lowest BCUT2D eigenvalue weighted by Crippen LogP contribution is -2.33. The van der Waals surface area contributed by atoms with Crippen molar-refractivity contribution in [2.45, 2.75) is 12.8 Å². The number of hydrogen-bond acceptors (Lipinski definition) is 3. The Morgan fingerprint density at radius 2 is 1.83 bits per heavy atom. The molecule has 3 heterocycles. The van der Waals surface area contributed by atoms with Gasteiger partial charge >= 0.3 is 0 Å². The first-order valence-electron chi connectivity index (χ1n) is 6.05. The van der Waals surface area contributed by atoms with Gasteiger partial charge in [0.25, 0.3) is 0 Å². The number of pyridine rings is 2. The number of ether oxygens (including phenoxy) is 2. The van der Waals surface area contributed by atoms with Crippen LogP contribution < -0.4 is 4.57 Å². The molecule has 0 spiro atoms. The van der Waals surface area contributed by atoms with E-state index in [1.54, 1.807) is 0 Å². The molecule has 92 valence electrons. The summed E-state index contributed by atoms with van der Waals surface area (Å²) < 4.78 is 13.0. The minimum Gasteiger partial charge on any atom is -0.345 e. The van der Waals surface area contributed by atoms with E-state index < -0.39 is 0 Å². The molecule has 0 atom stereocenters. The Labute approximate surface area is 106 Å². The highest BCUT2D eigenvalue weighted by Gasteiger charge is 2.20. The van der Waals surface area contributed by atoms with Gasteiger partial charge in [-0.15, -0.1) is 0 Å². The molecule has 0 unspecified atom stereocenters. The van der Waals surface area contributed by atoms with Crippen molar-refractivity contribution in [2.24, 2.45) is 0 Å². The zero-order valence-corrected chi connectivity index (χ0v) is 10.0. The first-order valence-corrected chi connectivity index (χ1v) is 6.05. The molecule has 1 fully saturated rings. The van der Waals surface area contributed by atoms with E-state index in [1.165, 1.54) is 0 Å². The summed E-state index contributed by atoms with van der Waals surface area (Å²) in [6, 6.07) is 12.0. The minimum atomic E-state index is -0.300. The summed E-state index contributed by atoms with van der Waals surface area (Å²) in [5.74, 6) is 0. The molecular formula is C14H15N2O2+. The van der Waals surface area contributed by atoms with E-state index in [-0.39, 0.29) is 6.29 Å². The van der Waals surface area contributed by atoms with E-state index in [2.05, 4.69) is 9.55 Å². The fourth-order valence-corrected chi connectivity index (χ4v) is 1.97. The molecule has 0 amide bonds. The fraction of sp³-hybridized carbons (Fsp3) is 0.286. The Hall–Kier alpha value is -1.78. The van der Waals surface area contributed by atoms with Gasteiger partial charge in [-0.25, -0.2) is 4.98 Å². The van der Waals surface area contributed by atoms with Gasteiger partial charge in [0.1, 0.15) is 5.69 Å². The number of nitrogens with zero attached hydrogens (tertiary/aromatic N) is 2. The molecule has 1 aliphatic rings. The van der Waals surface area contributed by atoms with Crippen molar-refractivity contribution in [3.8, 4) is 0 Å². The second-order valence-electron chi connectivity index (χ2n) is 4.18. The monoisotopic (exact) mass is 243 g/mol. The lowest BCUT2D eigenvalue weighted by molar-refractivity contribution is -0.688. The Morgan fingerprint density at radius 1 is 1.06 bits per heavy atom. The van der Waals surface area contributed by atoms with Crippen molar-refractivity contribution in [1.29, 1.82) is 0 Å². The highest BCUT2D eigenvalue weighted by molar-refractivity contribution is 5.12. The highest BCUT2D eigenvalue weighted by Crippen LogP contribution is 2.21. The van der Waals surface area contributed by atoms with Crippen LogP contribution in [0.5, 0.6) is 0 Å². The quantitative estimate of drug-likeness (QED) is 0.766. The van der Waals surface area contributed by atoms with Crippen LogP contribution in [0.15, 0.2) is 48.8 Å². The summed E-state index contributed by atoms with van der Waals surface area (Å²) in [6.07, 6.45) is 3.75. The van der Waals surface area contributed by atoms with Gasteiger partial charge in [-0.05, 0) is 12.1 Å².